The average Bonchev–Trinajstić information content (AvgIpc) is 2.70. The second kappa shape index (κ2) is 9.94. The predicted octanol–water partition coefficient (Wildman–Crippen LogP) is 5.00. The van der Waals surface area contributed by atoms with Crippen molar-refractivity contribution >= 4 is 38.9 Å². The minimum atomic E-state index is -3.94. The number of likely N-dealkylation sites (tertiary alicyclic amines) is 1. The van der Waals surface area contributed by atoms with E-state index < -0.39 is 10.0 Å². The van der Waals surface area contributed by atoms with Gasteiger partial charge in [-0.15, -0.1) is 4.47 Å². The van der Waals surface area contributed by atoms with Crippen LogP contribution in [0.15, 0.2) is 53.4 Å². The lowest BCUT2D eigenvalue weighted by atomic mass is 10.1. The quantitative estimate of drug-likeness (QED) is 0.426. The van der Waals surface area contributed by atoms with Gasteiger partial charge in [0.05, 0.1) is 16.5 Å². The largest absolute Gasteiger partial charge is 0.303 e. The molecule has 1 fully saturated rings. The maximum absolute atomic E-state index is 13.2. The molecular formula is C20H24Cl2N2O3S. The summed E-state index contributed by atoms with van der Waals surface area (Å²) in [4.78, 5) is 8.23. The molecule has 1 saturated heterocycles. The molecule has 0 bridgehead atoms. The molecule has 0 unspecified atom stereocenters. The van der Waals surface area contributed by atoms with Gasteiger partial charge in [-0.05, 0) is 68.8 Å². The molecule has 0 aliphatic carbocycles. The van der Waals surface area contributed by atoms with Crippen molar-refractivity contribution in [1.29, 1.82) is 0 Å². The highest BCUT2D eigenvalue weighted by Gasteiger charge is 2.28. The predicted molar refractivity (Wildman–Crippen MR) is 113 cm³/mol. The first kappa shape index (κ1) is 21.4. The Balaban J connectivity index is 1.75. The molecule has 0 N–H and O–H groups in total. The number of hydrogen-bond donors (Lipinski definition) is 0. The number of sulfonamides is 1. The number of rotatable bonds is 8. The van der Waals surface area contributed by atoms with Gasteiger partial charge >= 0.3 is 0 Å². The van der Waals surface area contributed by atoms with Crippen LogP contribution in [0.25, 0.3) is 0 Å². The van der Waals surface area contributed by atoms with Crippen molar-refractivity contribution in [3.8, 4) is 0 Å². The molecule has 0 saturated carbocycles. The molecule has 0 atom stereocenters. The van der Waals surface area contributed by atoms with E-state index in [2.05, 4.69) is 4.90 Å². The highest BCUT2D eigenvalue weighted by Crippen LogP contribution is 2.31. The molecule has 0 radical (unpaired) electrons. The Morgan fingerprint density at radius 1 is 0.964 bits per heavy atom. The van der Waals surface area contributed by atoms with Gasteiger partial charge in [0, 0.05) is 11.6 Å². The first-order chi connectivity index (χ1) is 13.5. The van der Waals surface area contributed by atoms with Gasteiger partial charge in [-0.25, -0.2) is 0 Å². The molecule has 0 amide bonds. The summed E-state index contributed by atoms with van der Waals surface area (Å²) in [6.45, 7) is 3.35. The zero-order valence-electron chi connectivity index (χ0n) is 15.6. The lowest BCUT2D eigenvalue weighted by molar-refractivity contribution is 0.128. The number of piperidine rings is 1. The van der Waals surface area contributed by atoms with Gasteiger partial charge in [-0.2, -0.15) is 8.42 Å². The van der Waals surface area contributed by atoms with Gasteiger partial charge in [-0.1, -0.05) is 41.8 Å². The molecule has 2 aromatic carbocycles. The number of halogens is 2. The summed E-state index contributed by atoms with van der Waals surface area (Å²) >= 11 is 12.2. The van der Waals surface area contributed by atoms with Crippen LogP contribution in [0.4, 0.5) is 5.69 Å². The summed E-state index contributed by atoms with van der Waals surface area (Å²) in [6, 6.07) is 12.7. The second-order valence-corrected chi connectivity index (χ2v) is 9.32. The van der Waals surface area contributed by atoms with Gasteiger partial charge in [0.2, 0.25) is 0 Å². The summed E-state index contributed by atoms with van der Waals surface area (Å²) in [5.74, 6) is 0. The van der Waals surface area contributed by atoms with Crippen LogP contribution in [0.5, 0.6) is 0 Å². The Morgan fingerprint density at radius 2 is 1.64 bits per heavy atom. The summed E-state index contributed by atoms with van der Waals surface area (Å²) in [5, 5.41) is 0.766. The van der Waals surface area contributed by atoms with E-state index in [1.165, 1.54) is 43.5 Å². The third-order valence-electron chi connectivity index (χ3n) is 4.65. The van der Waals surface area contributed by atoms with Crippen LogP contribution in [0.1, 0.15) is 25.7 Å². The molecule has 0 spiro atoms. The van der Waals surface area contributed by atoms with E-state index in [1.807, 2.05) is 0 Å². The van der Waals surface area contributed by atoms with E-state index in [-0.39, 0.29) is 17.2 Å². The smallest absolute Gasteiger partial charge is 0.286 e. The van der Waals surface area contributed by atoms with Crippen LogP contribution < -0.4 is 4.47 Å². The number of nitrogens with zero attached hydrogens (tertiary/aromatic N) is 2. The molecule has 8 heteroatoms. The minimum absolute atomic E-state index is 0.0906. The maximum atomic E-state index is 13.2. The van der Waals surface area contributed by atoms with Crippen molar-refractivity contribution in [3.63, 3.8) is 0 Å². The molecule has 1 aliphatic heterocycles. The second-order valence-electron chi connectivity index (χ2n) is 6.73. The Morgan fingerprint density at radius 3 is 2.32 bits per heavy atom. The summed E-state index contributed by atoms with van der Waals surface area (Å²) < 4.78 is 27.3. The summed E-state index contributed by atoms with van der Waals surface area (Å²) in [7, 11) is -3.94. The van der Waals surface area contributed by atoms with E-state index in [0.717, 1.165) is 30.5 Å². The number of para-hydroxylation sites is 1. The molecule has 1 aliphatic rings. The monoisotopic (exact) mass is 442 g/mol. The van der Waals surface area contributed by atoms with E-state index in [0.29, 0.717) is 10.0 Å². The van der Waals surface area contributed by atoms with Crippen molar-refractivity contribution in [2.24, 2.45) is 0 Å². The van der Waals surface area contributed by atoms with Crippen LogP contribution in [0, 0.1) is 0 Å². The zero-order chi connectivity index (χ0) is 20.0. The fourth-order valence-corrected chi connectivity index (χ4v) is 4.88. The molecule has 5 nitrogen and oxygen atoms in total. The molecular weight excluding hydrogens is 419 g/mol. The number of hydrogen-bond acceptors (Lipinski definition) is 4. The van der Waals surface area contributed by atoms with Crippen molar-refractivity contribution in [3.05, 3.63) is 58.6 Å². The van der Waals surface area contributed by atoms with Crippen LogP contribution >= 0.6 is 23.2 Å². The van der Waals surface area contributed by atoms with Crippen LogP contribution in [0.3, 0.4) is 0 Å². The summed E-state index contributed by atoms with van der Waals surface area (Å²) in [5.41, 5.74) is 0.289. The van der Waals surface area contributed by atoms with E-state index >= 15 is 0 Å². The highest BCUT2D eigenvalue weighted by molar-refractivity contribution is 7.92. The molecule has 152 valence electrons. The Labute approximate surface area is 176 Å². The molecule has 0 aromatic heterocycles. The Kier molecular flexibility index (Phi) is 7.60. The van der Waals surface area contributed by atoms with Crippen LogP contribution in [-0.4, -0.2) is 39.6 Å². The van der Waals surface area contributed by atoms with E-state index in [9.17, 15) is 8.42 Å². The third-order valence-corrected chi connectivity index (χ3v) is 6.83. The fraction of sp³-hybridized carbons (Fsp3) is 0.400. The van der Waals surface area contributed by atoms with E-state index in [4.69, 9.17) is 28.0 Å². The maximum Gasteiger partial charge on any atom is 0.286 e. The van der Waals surface area contributed by atoms with Gasteiger partial charge in [0.1, 0.15) is 5.69 Å². The molecule has 28 heavy (non-hydrogen) atoms. The first-order valence-electron chi connectivity index (χ1n) is 9.39. The van der Waals surface area contributed by atoms with Crippen molar-refractivity contribution < 1.29 is 13.3 Å². The van der Waals surface area contributed by atoms with E-state index in [1.54, 1.807) is 24.3 Å². The fourth-order valence-electron chi connectivity index (χ4n) is 3.19. The van der Waals surface area contributed by atoms with Crippen LogP contribution in [0.2, 0.25) is 10.0 Å². The third kappa shape index (κ3) is 5.39. The molecule has 1 heterocycles. The first-order valence-corrected chi connectivity index (χ1v) is 11.6. The zero-order valence-corrected chi connectivity index (χ0v) is 17.9. The normalized spacial score (nSPS) is 15.5. The number of benzene rings is 2. The molecule has 2 aromatic rings. The van der Waals surface area contributed by atoms with Gasteiger partial charge in [0.25, 0.3) is 10.0 Å². The lowest BCUT2D eigenvalue weighted by Crippen LogP contribution is -2.34. The van der Waals surface area contributed by atoms with Crippen molar-refractivity contribution in [1.82, 2.24) is 4.90 Å². The SMILES string of the molecule is O=S(=O)(c1ccc(Cl)cc1)N(OCCCN1CCCCC1)c1ccccc1Cl. The van der Waals surface area contributed by atoms with Crippen molar-refractivity contribution in [2.45, 2.75) is 30.6 Å². The topological polar surface area (TPSA) is 49.9 Å². The van der Waals surface area contributed by atoms with Gasteiger partial charge < -0.3 is 4.90 Å². The average molecular weight is 443 g/mol. The Bertz CT molecular complexity index is 869. The summed E-state index contributed by atoms with van der Waals surface area (Å²) in [6.07, 6.45) is 4.46. The standard InChI is InChI=1S/C20H24Cl2N2O3S/c21-17-9-11-18(12-10-17)28(25,26)24(20-8-3-2-7-19(20)22)27-16-6-15-23-13-4-1-5-14-23/h2-3,7-12H,1,4-6,13-16H2. The van der Waals surface area contributed by atoms with Gasteiger partial charge in [0.15, 0.2) is 0 Å². The minimum Gasteiger partial charge on any atom is -0.303 e. The number of anilines is 1. The van der Waals surface area contributed by atoms with Gasteiger partial charge in [-0.3, -0.25) is 4.84 Å². The highest BCUT2D eigenvalue weighted by atomic mass is 35.5. The van der Waals surface area contributed by atoms with Crippen molar-refractivity contribution in [2.75, 3.05) is 30.7 Å². The van der Waals surface area contributed by atoms with Crippen LogP contribution in [-0.2, 0) is 14.9 Å². The molecule has 3 rings (SSSR count). The Hall–Kier alpha value is -1.31. The lowest BCUT2D eigenvalue weighted by Gasteiger charge is -2.27.